The van der Waals surface area contributed by atoms with Crippen molar-refractivity contribution in [1.82, 2.24) is 5.32 Å². The van der Waals surface area contributed by atoms with E-state index in [0.29, 0.717) is 11.3 Å². The van der Waals surface area contributed by atoms with Gasteiger partial charge in [-0.25, -0.2) is 4.39 Å². The molecule has 0 amide bonds. The van der Waals surface area contributed by atoms with Crippen molar-refractivity contribution in [1.29, 1.82) is 0 Å². The number of hydrogen-bond acceptors (Lipinski definition) is 3. The molecular weight excluding hydrogens is 278 g/mol. The van der Waals surface area contributed by atoms with Crippen LogP contribution in [0.5, 0.6) is 5.75 Å². The maximum absolute atomic E-state index is 13.3. The van der Waals surface area contributed by atoms with Crippen LogP contribution in [0.25, 0.3) is 0 Å². The van der Waals surface area contributed by atoms with E-state index in [1.54, 1.807) is 7.05 Å². The standard InChI is InChI=1S/C13H17F4NO2/c1-18-11(5-6-20-8-13(15,16)17)10-7-9(14)3-4-12(10)19-2/h3-4,7,11,18H,5-6,8H2,1-2H3. The Labute approximate surface area is 114 Å². The molecule has 0 heterocycles. The van der Waals surface area contributed by atoms with E-state index >= 15 is 0 Å². The molecule has 0 saturated heterocycles. The lowest BCUT2D eigenvalue weighted by molar-refractivity contribution is -0.174. The van der Waals surface area contributed by atoms with Gasteiger partial charge >= 0.3 is 6.18 Å². The van der Waals surface area contributed by atoms with E-state index < -0.39 is 18.6 Å². The van der Waals surface area contributed by atoms with Gasteiger partial charge < -0.3 is 14.8 Å². The molecule has 1 aromatic carbocycles. The summed E-state index contributed by atoms with van der Waals surface area (Å²) in [6.07, 6.45) is -4.07. The molecule has 1 rings (SSSR count). The van der Waals surface area contributed by atoms with Gasteiger partial charge in [-0.3, -0.25) is 0 Å². The lowest BCUT2D eigenvalue weighted by atomic mass is 10.0. The van der Waals surface area contributed by atoms with Crippen LogP contribution in [0.2, 0.25) is 0 Å². The minimum atomic E-state index is -4.34. The number of benzene rings is 1. The number of hydrogen-bond donors (Lipinski definition) is 1. The minimum absolute atomic E-state index is 0.0926. The van der Waals surface area contributed by atoms with E-state index in [2.05, 4.69) is 10.1 Å². The molecule has 0 bridgehead atoms. The molecule has 0 aromatic heterocycles. The topological polar surface area (TPSA) is 30.5 Å². The zero-order chi connectivity index (χ0) is 15.2. The van der Waals surface area contributed by atoms with Crippen molar-refractivity contribution in [2.24, 2.45) is 0 Å². The van der Waals surface area contributed by atoms with Gasteiger partial charge in [-0.05, 0) is 31.7 Å². The summed E-state index contributed by atoms with van der Waals surface area (Å²) in [4.78, 5) is 0. The number of rotatable bonds is 7. The first kappa shape index (κ1) is 16.7. The highest BCUT2D eigenvalue weighted by Crippen LogP contribution is 2.28. The highest BCUT2D eigenvalue weighted by atomic mass is 19.4. The van der Waals surface area contributed by atoms with Crippen LogP contribution in [0.1, 0.15) is 18.0 Å². The first-order valence-corrected chi connectivity index (χ1v) is 6.02. The molecule has 0 saturated carbocycles. The maximum atomic E-state index is 13.3. The Morgan fingerprint density at radius 3 is 2.55 bits per heavy atom. The molecule has 0 aliphatic heterocycles. The quantitative estimate of drug-likeness (QED) is 0.619. The summed E-state index contributed by atoms with van der Waals surface area (Å²) < 4.78 is 58.8. The average Bonchev–Trinajstić information content (AvgIpc) is 2.37. The van der Waals surface area contributed by atoms with Crippen molar-refractivity contribution in [2.75, 3.05) is 27.4 Å². The molecule has 3 nitrogen and oxygen atoms in total. The molecule has 0 aliphatic rings. The van der Waals surface area contributed by atoms with Gasteiger partial charge in [0.1, 0.15) is 18.2 Å². The molecular formula is C13H17F4NO2. The van der Waals surface area contributed by atoms with E-state index in [9.17, 15) is 17.6 Å². The normalized spacial score (nSPS) is 13.3. The second kappa shape index (κ2) is 7.44. The molecule has 1 atom stereocenters. The lowest BCUT2D eigenvalue weighted by Gasteiger charge is -2.19. The number of methoxy groups -OCH3 is 1. The predicted molar refractivity (Wildman–Crippen MR) is 66.2 cm³/mol. The van der Waals surface area contributed by atoms with Crippen molar-refractivity contribution in [3.05, 3.63) is 29.6 Å². The van der Waals surface area contributed by atoms with Crippen molar-refractivity contribution >= 4 is 0 Å². The molecule has 0 aliphatic carbocycles. The van der Waals surface area contributed by atoms with Gasteiger partial charge in [-0.1, -0.05) is 0 Å². The van der Waals surface area contributed by atoms with Crippen molar-refractivity contribution in [3.8, 4) is 5.75 Å². The fourth-order valence-corrected chi connectivity index (χ4v) is 1.82. The number of nitrogens with one attached hydrogen (secondary N) is 1. The fourth-order valence-electron chi connectivity index (χ4n) is 1.82. The molecule has 20 heavy (non-hydrogen) atoms. The van der Waals surface area contributed by atoms with Crippen molar-refractivity contribution in [2.45, 2.75) is 18.6 Å². The molecule has 0 fully saturated rings. The second-order valence-electron chi connectivity index (χ2n) is 4.18. The molecule has 114 valence electrons. The van der Waals surface area contributed by atoms with Gasteiger partial charge in [0.25, 0.3) is 0 Å². The monoisotopic (exact) mass is 295 g/mol. The zero-order valence-corrected chi connectivity index (χ0v) is 11.3. The predicted octanol–water partition coefficient (Wildman–Crippen LogP) is 3.06. The van der Waals surface area contributed by atoms with E-state index in [1.807, 2.05) is 0 Å². The van der Waals surface area contributed by atoms with Crippen molar-refractivity contribution in [3.63, 3.8) is 0 Å². The summed E-state index contributed by atoms with van der Waals surface area (Å²) in [5.41, 5.74) is 0.547. The van der Waals surface area contributed by atoms with E-state index in [4.69, 9.17) is 4.74 Å². The Hall–Kier alpha value is -1.34. The van der Waals surface area contributed by atoms with Crippen LogP contribution in [-0.2, 0) is 4.74 Å². The Morgan fingerprint density at radius 2 is 2.00 bits per heavy atom. The minimum Gasteiger partial charge on any atom is -0.496 e. The fraction of sp³-hybridized carbons (Fsp3) is 0.538. The third kappa shape index (κ3) is 5.34. The largest absolute Gasteiger partial charge is 0.496 e. The summed E-state index contributed by atoms with van der Waals surface area (Å²) >= 11 is 0. The first-order chi connectivity index (χ1) is 9.37. The van der Waals surface area contributed by atoms with Crippen molar-refractivity contribution < 1.29 is 27.0 Å². The highest BCUT2D eigenvalue weighted by Gasteiger charge is 2.27. The molecule has 7 heteroatoms. The Bertz CT molecular complexity index is 423. The van der Waals surface area contributed by atoms with Gasteiger partial charge in [-0.2, -0.15) is 13.2 Å². The zero-order valence-electron chi connectivity index (χ0n) is 11.3. The van der Waals surface area contributed by atoms with Crippen LogP contribution in [0.3, 0.4) is 0 Å². The molecule has 1 unspecified atom stereocenters. The molecule has 1 aromatic rings. The van der Waals surface area contributed by atoms with Crippen LogP contribution < -0.4 is 10.1 Å². The van der Waals surface area contributed by atoms with E-state index in [-0.39, 0.29) is 19.1 Å². The number of halogens is 4. The Morgan fingerprint density at radius 1 is 1.30 bits per heavy atom. The highest BCUT2D eigenvalue weighted by molar-refractivity contribution is 5.36. The summed E-state index contributed by atoms with van der Waals surface area (Å²) in [6, 6.07) is 3.68. The third-order valence-electron chi connectivity index (χ3n) is 2.73. The summed E-state index contributed by atoms with van der Waals surface area (Å²) in [7, 11) is 3.09. The van der Waals surface area contributed by atoms with Gasteiger partial charge in [0, 0.05) is 18.2 Å². The van der Waals surface area contributed by atoms with Crippen LogP contribution in [0.4, 0.5) is 17.6 Å². The molecule has 0 radical (unpaired) electrons. The van der Waals surface area contributed by atoms with E-state index in [0.717, 1.165) is 0 Å². The summed E-state index contributed by atoms with van der Waals surface area (Å²) in [6.45, 7) is -1.38. The lowest BCUT2D eigenvalue weighted by Crippen LogP contribution is -2.22. The second-order valence-corrected chi connectivity index (χ2v) is 4.18. The summed E-state index contributed by atoms with van der Waals surface area (Å²) in [5.74, 6) is 0.0406. The van der Waals surface area contributed by atoms with E-state index in [1.165, 1.54) is 25.3 Å². The average molecular weight is 295 g/mol. The van der Waals surface area contributed by atoms with Crippen LogP contribution in [0.15, 0.2) is 18.2 Å². The Balaban J connectivity index is 2.64. The number of ether oxygens (including phenoxy) is 2. The third-order valence-corrected chi connectivity index (χ3v) is 2.73. The van der Waals surface area contributed by atoms with Crippen LogP contribution in [0, 0.1) is 5.82 Å². The maximum Gasteiger partial charge on any atom is 0.411 e. The van der Waals surface area contributed by atoms with Gasteiger partial charge in [0.15, 0.2) is 0 Å². The number of alkyl halides is 3. The first-order valence-electron chi connectivity index (χ1n) is 6.02. The Kier molecular flexibility index (Phi) is 6.22. The van der Waals surface area contributed by atoms with Gasteiger partial charge in [0.2, 0.25) is 0 Å². The smallest absolute Gasteiger partial charge is 0.411 e. The van der Waals surface area contributed by atoms with Gasteiger partial charge in [0.05, 0.1) is 7.11 Å². The van der Waals surface area contributed by atoms with Gasteiger partial charge in [-0.15, -0.1) is 0 Å². The van der Waals surface area contributed by atoms with Crippen LogP contribution in [-0.4, -0.2) is 33.5 Å². The molecule has 1 N–H and O–H groups in total. The SMILES string of the molecule is CNC(CCOCC(F)(F)F)c1cc(F)ccc1OC. The molecule has 0 spiro atoms. The summed E-state index contributed by atoms with van der Waals surface area (Å²) in [5, 5.41) is 2.91. The van der Waals surface area contributed by atoms with Crippen LogP contribution >= 0.6 is 0 Å².